The van der Waals surface area contributed by atoms with Gasteiger partial charge in [0.05, 0.1) is 21.9 Å². The van der Waals surface area contributed by atoms with Crippen LogP contribution in [-0.2, 0) is 6.18 Å². The van der Waals surface area contributed by atoms with E-state index in [2.05, 4.69) is 5.32 Å². The Morgan fingerprint density at radius 3 is 2.36 bits per heavy atom. The highest BCUT2D eigenvalue weighted by Crippen LogP contribution is 2.36. The fraction of sp³-hybridized carbons (Fsp3) is 0.316. The molecular formula is C19H20F3N3O3. The second-order valence-electron chi connectivity index (χ2n) is 6.08. The highest BCUT2D eigenvalue weighted by atomic mass is 19.4. The Balaban J connectivity index is 2.53. The number of anilines is 2. The summed E-state index contributed by atoms with van der Waals surface area (Å²) in [7, 11) is 0. The number of nitro benzene ring substituents is 1. The third kappa shape index (κ3) is 4.41. The number of nitrogens with zero attached hydrogens (tertiary/aromatic N) is 2. The maximum atomic E-state index is 13.1. The highest BCUT2D eigenvalue weighted by molar-refractivity contribution is 6.08. The molecular weight excluding hydrogens is 375 g/mol. The first-order valence-corrected chi connectivity index (χ1v) is 8.61. The summed E-state index contributed by atoms with van der Waals surface area (Å²) in [5, 5.41) is 13.7. The summed E-state index contributed by atoms with van der Waals surface area (Å²) < 4.78 is 39.4. The molecule has 0 heterocycles. The zero-order valence-corrected chi connectivity index (χ0v) is 15.6. The van der Waals surface area contributed by atoms with Gasteiger partial charge >= 0.3 is 6.18 Å². The lowest BCUT2D eigenvalue weighted by Crippen LogP contribution is -2.25. The van der Waals surface area contributed by atoms with E-state index < -0.39 is 22.6 Å². The number of nitrogens with one attached hydrogen (secondary N) is 1. The Labute approximate surface area is 160 Å². The van der Waals surface area contributed by atoms with Crippen molar-refractivity contribution in [1.82, 2.24) is 0 Å². The van der Waals surface area contributed by atoms with Crippen LogP contribution in [0.2, 0.25) is 0 Å². The molecule has 0 atom stereocenters. The van der Waals surface area contributed by atoms with Gasteiger partial charge in [-0.25, -0.2) is 0 Å². The van der Waals surface area contributed by atoms with Crippen LogP contribution in [0.3, 0.4) is 0 Å². The van der Waals surface area contributed by atoms with E-state index in [1.54, 1.807) is 4.90 Å². The molecule has 0 aromatic heterocycles. The van der Waals surface area contributed by atoms with Crippen molar-refractivity contribution in [2.45, 2.75) is 26.9 Å². The van der Waals surface area contributed by atoms with Crippen molar-refractivity contribution in [3.63, 3.8) is 0 Å². The maximum Gasteiger partial charge on any atom is 0.416 e. The molecule has 1 N–H and O–H groups in total. The Hall–Kier alpha value is -3.10. The Morgan fingerprint density at radius 2 is 1.82 bits per heavy atom. The predicted molar refractivity (Wildman–Crippen MR) is 101 cm³/mol. The van der Waals surface area contributed by atoms with Crippen molar-refractivity contribution < 1.29 is 22.9 Å². The highest BCUT2D eigenvalue weighted by Gasteiger charge is 2.32. The SMILES string of the molecule is CCN(CC)c1ccc(C(F)(F)F)cc1NC(=O)c1cccc(C)c1[N+](=O)[O-]. The van der Waals surface area contributed by atoms with Gasteiger partial charge in [-0.1, -0.05) is 12.1 Å². The Kier molecular flexibility index (Phi) is 6.27. The monoisotopic (exact) mass is 395 g/mol. The van der Waals surface area contributed by atoms with Crippen LogP contribution in [0.25, 0.3) is 0 Å². The van der Waals surface area contributed by atoms with Gasteiger partial charge < -0.3 is 10.2 Å². The minimum Gasteiger partial charge on any atom is -0.370 e. The molecule has 150 valence electrons. The fourth-order valence-electron chi connectivity index (χ4n) is 2.93. The van der Waals surface area contributed by atoms with Crippen LogP contribution in [-0.4, -0.2) is 23.9 Å². The van der Waals surface area contributed by atoms with Crippen molar-refractivity contribution in [2.24, 2.45) is 0 Å². The molecule has 0 aliphatic rings. The molecule has 2 aromatic carbocycles. The van der Waals surface area contributed by atoms with Crippen LogP contribution in [0, 0.1) is 17.0 Å². The van der Waals surface area contributed by atoms with Gasteiger partial charge in [0.15, 0.2) is 0 Å². The number of hydrogen-bond donors (Lipinski definition) is 1. The van der Waals surface area contributed by atoms with Crippen molar-refractivity contribution in [1.29, 1.82) is 0 Å². The number of hydrogen-bond acceptors (Lipinski definition) is 4. The number of amides is 1. The van der Waals surface area contributed by atoms with E-state index in [1.165, 1.54) is 31.2 Å². The second-order valence-corrected chi connectivity index (χ2v) is 6.08. The van der Waals surface area contributed by atoms with E-state index in [0.717, 1.165) is 12.1 Å². The lowest BCUT2D eigenvalue weighted by atomic mass is 10.1. The van der Waals surface area contributed by atoms with Crippen molar-refractivity contribution in [3.05, 3.63) is 63.2 Å². The van der Waals surface area contributed by atoms with Crippen molar-refractivity contribution >= 4 is 23.0 Å². The average molecular weight is 395 g/mol. The minimum absolute atomic E-state index is 0.0562. The number of nitro groups is 1. The van der Waals surface area contributed by atoms with Gasteiger partial charge in [-0.15, -0.1) is 0 Å². The number of para-hydroxylation sites is 1. The lowest BCUT2D eigenvalue weighted by molar-refractivity contribution is -0.385. The van der Waals surface area contributed by atoms with Crippen LogP contribution >= 0.6 is 0 Å². The molecule has 2 aromatic rings. The number of carbonyl (C=O) groups is 1. The molecule has 0 bridgehead atoms. The first kappa shape index (κ1) is 21.2. The van der Waals surface area contributed by atoms with Gasteiger partial charge in [-0.2, -0.15) is 13.2 Å². The van der Waals surface area contributed by atoms with E-state index in [9.17, 15) is 28.1 Å². The molecule has 0 saturated heterocycles. The number of rotatable bonds is 6. The molecule has 0 fully saturated rings. The summed E-state index contributed by atoms with van der Waals surface area (Å²) in [6.07, 6.45) is -4.59. The van der Waals surface area contributed by atoms with E-state index >= 15 is 0 Å². The summed E-state index contributed by atoms with van der Waals surface area (Å²) in [6, 6.07) is 7.31. The molecule has 0 unspecified atom stereocenters. The maximum absolute atomic E-state index is 13.1. The largest absolute Gasteiger partial charge is 0.416 e. The molecule has 28 heavy (non-hydrogen) atoms. The first-order valence-electron chi connectivity index (χ1n) is 8.61. The zero-order chi connectivity index (χ0) is 21.1. The van der Waals surface area contributed by atoms with Crippen LogP contribution < -0.4 is 10.2 Å². The molecule has 0 saturated carbocycles. The van der Waals surface area contributed by atoms with Gasteiger partial charge in [0.25, 0.3) is 11.6 Å². The number of carbonyl (C=O) groups excluding carboxylic acids is 1. The third-order valence-corrected chi connectivity index (χ3v) is 4.34. The Bertz CT molecular complexity index is 894. The number of halogens is 3. The summed E-state index contributed by atoms with van der Waals surface area (Å²) in [5.74, 6) is -0.844. The number of aryl methyl sites for hydroxylation is 1. The van der Waals surface area contributed by atoms with Crippen molar-refractivity contribution in [3.8, 4) is 0 Å². The van der Waals surface area contributed by atoms with Gasteiger partial charge in [0.1, 0.15) is 5.56 Å². The lowest BCUT2D eigenvalue weighted by Gasteiger charge is -2.25. The van der Waals surface area contributed by atoms with Crippen LogP contribution in [0.4, 0.5) is 30.2 Å². The summed E-state index contributed by atoms with van der Waals surface area (Å²) in [4.78, 5) is 25.1. The minimum atomic E-state index is -4.59. The average Bonchev–Trinajstić information content (AvgIpc) is 2.62. The van der Waals surface area contributed by atoms with Gasteiger partial charge in [0, 0.05) is 18.7 Å². The first-order chi connectivity index (χ1) is 13.1. The predicted octanol–water partition coefficient (Wildman–Crippen LogP) is 5.02. The van der Waals surface area contributed by atoms with Crippen LogP contribution in [0.15, 0.2) is 36.4 Å². The summed E-state index contributed by atoms with van der Waals surface area (Å²) in [6.45, 7) is 6.17. The molecule has 0 aliphatic carbocycles. The molecule has 6 nitrogen and oxygen atoms in total. The van der Waals surface area contributed by atoms with Gasteiger partial charge in [-0.3, -0.25) is 14.9 Å². The zero-order valence-electron chi connectivity index (χ0n) is 15.6. The quantitative estimate of drug-likeness (QED) is 0.550. The van der Waals surface area contributed by atoms with Crippen LogP contribution in [0.5, 0.6) is 0 Å². The molecule has 2 rings (SSSR count). The van der Waals surface area contributed by atoms with Crippen LogP contribution in [0.1, 0.15) is 35.3 Å². The number of alkyl halides is 3. The normalized spacial score (nSPS) is 11.2. The van der Waals surface area contributed by atoms with E-state index in [4.69, 9.17) is 0 Å². The summed E-state index contributed by atoms with van der Waals surface area (Å²) in [5.41, 5.74) is -0.881. The summed E-state index contributed by atoms with van der Waals surface area (Å²) >= 11 is 0. The molecule has 0 spiro atoms. The van der Waals surface area contributed by atoms with E-state index in [0.29, 0.717) is 18.8 Å². The second kappa shape index (κ2) is 8.28. The van der Waals surface area contributed by atoms with E-state index in [1.807, 2.05) is 13.8 Å². The molecule has 0 aliphatic heterocycles. The van der Waals surface area contributed by atoms with E-state index in [-0.39, 0.29) is 22.5 Å². The number of benzene rings is 2. The topological polar surface area (TPSA) is 75.5 Å². The van der Waals surface area contributed by atoms with Gasteiger partial charge in [-0.05, 0) is 45.0 Å². The molecule has 0 radical (unpaired) electrons. The molecule has 1 amide bonds. The fourth-order valence-corrected chi connectivity index (χ4v) is 2.93. The van der Waals surface area contributed by atoms with Crippen molar-refractivity contribution in [2.75, 3.05) is 23.3 Å². The van der Waals surface area contributed by atoms with Gasteiger partial charge in [0.2, 0.25) is 0 Å². The standard InChI is InChI=1S/C19H20F3N3O3/c1-4-24(5-2)16-10-9-13(19(20,21)22)11-15(16)23-18(26)14-8-6-7-12(3)17(14)25(27)28/h6-11H,4-5H2,1-3H3,(H,23,26). The Morgan fingerprint density at radius 1 is 1.18 bits per heavy atom. The third-order valence-electron chi connectivity index (χ3n) is 4.34. The smallest absolute Gasteiger partial charge is 0.370 e. The molecule has 9 heteroatoms.